The van der Waals surface area contributed by atoms with Gasteiger partial charge in [0.1, 0.15) is 12.4 Å². The van der Waals surface area contributed by atoms with Crippen LogP contribution in [-0.2, 0) is 0 Å². The molecule has 0 saturated carbocycles. The van der Waals surface area contributed by atoms with Crippen molar-refractivity contribution in [2.45, 2.75) is 18.9 Å². The Morgan fingerprint density at radius 2 is 2.07 bits per heavy atom. The Morgan fingerprint density at radius 3 is 2.67 bits per heavy atom. The number of halogens is 2. The molecule has 0 aromatic carbocycles. The van der Waals surface area contributed by atoms with Crippen molar-refractivity contribution in [3.05, 3.63) is 16.6 Å². The largest absolute Gasteiger partial charge is 0.483 e. The van der Waals surface area contributed by atoms with Crippen molar-refractivity contribution in [3.8, 4) is 5.75 Å². The zero-order valence-electron chi connectivity index (χ0n) is 8.04. The van der Waals surface area contributed by atoms with Gasteiger partial charge in [0.05, 0.1) is 0 Å². The van der Waals surface area contributed by atoms with Crippen molar-refractivity contribution >= 4 is 23.2 Å². The fraction of sp³-hybridized carbons (Fsp3) is 0.556. The lowest BCUT2D eigenvalue weighted by molar-refractivity contribution is 0.166. The lowest BCUT2D eigenvalue weighted by Crippen LogP contribution is -2.37. The SMILES string of the molecule is Clc1ncnc(Cl)c1OC1CCCNC1. The van der Waals surface area contributed by atoms with Gasteiger partial charge in [-0.1, -0.05) is 23.2 Å². The average Bonchev–Trinajstić information content (AvgIpc) is 2.25. The van der Waals surface area contributed by atoms with Gasteiger partial charge in [0, 0.05) is 6.54 Å². The van der Waals surface area contributed by atoms with Crippen LogP contribution >= 0.6 is 23.2 Å². The average molecular weight is 248 g/mol. The summed E-state index contributed by atoms with van der Waals surface area (Å²) in [6.07, 6.45) is 3.50. The van der Waals surface area contributed by atoms with E-state index in [1.807, 2.05) is 0 Å². The van der Waals surface area contributed by atoms with Gasteiger partial charge in [-0.15, -0.1) is 0 Å². The van der Waals surface area contributed by atoms with Crippen LogP contribution in [-0.4, -0.2) is 29.2 Å². The van der Waals surface area contributed by atoms with Gasteiger partial charge in [-0.3, -0.25) is 0 Å². The standard InChI is InChI=1S/C9H11Cl2N3O/c10-8-7(9(11)14-5-13-8)15-6-2-1-3-12-4-6/h5-6,12H,1-4H2. The van der Waals surface area contributed by atoms with Crippen molar-refractivity contribution < 1.29 is 4.74 Å². The Kier molecular flexibility index (Phi) is 3.61. The Balaban J connectivity index is 2.09. The first kappa shape index (κ1) is 10.9. The van der Waals surface area contributed by atoms with E-state index in [1.54, 1.807) is 0 Å². The number of hydrogen-bond donors (Lipinski definition) is 1. The molecule has 0 bridgehead atoms. The second-order valence-electron chi connectivity index (χ2n) is 3.37. The van der Waals surface area contributed by atoms with E-state index in [0.29, 0.717) is 5.75 Å². The van der Waals surface area contributed by atoms with Gasteiger partial charge in [-0.25, -0.2) is 9.97 Å². The molecule has 1 aliphatic heterocycles. The highest BCUT2D eigenvalue weighted by atomic mass is 35.5. The van der Waals surface area contributed by atoms with E-state index < -0.39 is 0 Å². The van der Waals surface area contributed by atoms with Crippen molar-refractivity contribution in [2.24, 2.45) is 0 Å². The lowest BCUT2D eigenvalue weighted by Gasteiger charge is -2.24. The fourth-order valence-electron chi connectivity index (χ4n) is 1.52. The molecule has 1 N–H and O–H groups in total. The molecule has 4 nitrogen and oxygen atoms in total. The number of hydrogen-bond acceptors (Lipinski definition) is 4. The van der Waals surface area contributed by atoms with Crippen molar-refractivity contribution in [1.29, 1.82) is 0 Å². The smallest absolute Gasteiger partial charge is 0.194 e. The van der Waals surface area contributed by atoms with Crippen LogP contribution in [0.15, 0.2) is 6.33 Å². The highest BCUT2D eigenvalue weighted by Crippen LogP contribution is 2.30. The molecule has 82 valence electrons. The number of aromatic nitrogens is 2. The van der Waals surface area contributed by atoms with E-state index in [0.717, 1.165) is 25.9 Å². The monoisotopic (exact) mass is 247 g/mol. The van der Waals surface area contributed by atoms with Crippen LogP contribution in [0.2, 0.25) is 10.3 Å². The van der Waals surface area contributed by atoms with E-state index in [-0.39, 0.29) is 16.4 Å². The van der Waals surface area contributed by atoms with Crippen LogP contribution in [0.3, 0.4) is 0 Å². The third-order valence-corrected chi connectivity index (χ3v) is 2.79. The number of ether oxygens (including phenoxy) is 1. The maximum Gasteiger partial charge on any atom is 0.194 e. The third kappa shape index (κ3) is 2.71. The summed E-state index contributed by atoms with van der Waals surface area (Å²) in [4.78, 5) is 7.66. The Labute approximate surface area is 98.0 Å². The van der Waals surface area contributed by atoms with Gasteiger partial charge in [0.25, 0.3) is 0 Å². The Bertz CT molecular complexity index is 322. The maximum atomic E-state index is 5.87. The number of nitrogens with zero attached hydrogens (tertiary/aromatic N) is 2. The topological polar surface area (TPSA) is 47.0 Å². The normalized spacial score (nSPS) is 21.3. The van der Waals surface area contributed by atoms with Gasteiger partial charge in [0.15, 0.2) is 16.1 Å². The molecule has 1 atom stereocenters. The van der Waals surface area contributed by atoms with E-state index in [2.05, 4.69) is 15.3 Å². The summed E-state index contributed by atoms with van der Waals surface area (Å²) >= 11 is 11.7. The van der Waals surface area contributed by atoms with Crippen LogP contribution in [0, 0.1) is 0 Å². The summed E-state index contributed by atoms with van der Waals surface area (Å²) in [5.41, 5.74) is 0. The van der Waals surface area contributed by atoms with E-state index in [9.17, 15) is 0 Å². The number of piperidine rings is 1. The molecule has 6 heteroatoms. The third-order valence-electron chi connectivity index (χ3n) is 2.25. The number of rotatable bonds is 2. The lowest BCUT2D eigenvalue weighted by atomic mass is 10.1. The summed E-state index contributed by atoms with van der Waals surface area (Å²) in [7, 11) is 0. The molecule has 15 heavy (non-hydrogen) atoms. The fourth-order valence-corrected chi connectivity index (χ4v) is 1.92. The minimum atomic E-state index is 0.0970. The molecule has 1 fully saturated rings. The summed E-state index contributed by atoms with van der Waals surface area (Å²) in [6, 6.07) is 0. The van der Waals surface area contributed by atoms with E-state index in [4.69, 9.17) is 27.9 Å². The van der Waals surface area contributed by atoms with Gasteiger partial charge in [0.2, 0.25) is 0 Å². The highest BCUT2D eigenvalue weighted by Gasteiger charge is 2.18. The summed E-state index contributed by atoms with van der Waals surface area (Å²) in [5, 5.41) is 3.77. The molecule has 0 aliphatic carbocycles. The molecule has 1 unspecified atom stereocenters. The first-order chi connectivity index (χ1) is 7.27. The van der Waals surface area contributed by atoms with Crippen molar-refractivity contribution in [1.82, 2.24) is 15.3 Å². The first-order valence-electron chi connectivity index (χ1n) is 4.81. The maximum absolute atomic E-state index is 5.87. The molecule has 2 heterocycles. The van der Waals surface area contributed by atoms with Gasteiger partial charge in [-0.05, 0) is 19.4 Å². The molecular weight excluding hydrogens is 237 g/mol. The second-order valence-corrected chi connectivity index (χ2v) is 4.09. The van der Waals surface area contributed by atoms with Crippen LogP contribution in [0.1, 0.15) is 12.8 Å². The van der Waals surface area contributed by atoms with Gasteiger partial charge in [-0.2, -0.15) is 0 Å². The zero-order chi connectivity index (χ0) is 10.7. The molecule has 1 aliphatic rings. The van der Waals surface area contributed by atoms with Crippen LogP contribution < -0.4 is 10.1 Å². The summed E-state index contributed by atoms with van der Waals surface area (Å²) < 4.78 is 5.67. The molecule has 1 saturated heterocycles. The molecule has 2 rings (SSSR count). The van der Waals surface area contributed by atoms with Crippen molar-refractivity contribution in [3.63, 3.8) is 0 Å². The molecule has 0 amide bonds. The second kappa shape index (κ2) is 4.96. The predicted molar refractivity (Wildman–Crippen MR) is 58.6 cm³/mol. The Morgan fingerprint density at radius 1 is 1.33 bits per heavy atom. The highest BCUT2D eigenvalue weighted by molar-refractivity contribution is 6.35. The molecule has 0 radical (unpaired) electrons. The predicted octanol–water partition coefficient (Wildman–Crippen LogP) is 1.91. The first-order valence-corrected chi connectivity index (χ1v) is 5.56. The number of nitrogens with one attached hydrogen (secondary N) is 1. The van der Waals surface area contributed by atoms with Crippen LogP contribution in [0.25, 0.3) is 0 Å². The van der Waals surface area contributed by atoms with Crippen LogP contribution in [0.5, 0.6) is 5.75 Å². The summed E-state index contributed by atoms with van der Waals surface area (Å²) in [6.45, 7) is 1.84. The van der Waals surface area contributed by atoms with Crippen LogP contribution in [0.4, 0.5) is 0 Å². The summed E-state index contributed by atoms with van der Waals surface area (Å²) in [5.74, 6) is 0.384. The Hall–Kier alpha value is -0.580. The van der Waals surface area contributed by atoms with Gasteiger partial charge < -0.3 is 10.1 Å². The quantitative estimate of drug-likeness (QED) is 0.812. The molecular formula is C9H11Cl2N3O. The molecule has 1 aromatic rings. The zero-order valence-corrected chi connectivity index (χ0v) is 9.55. The van der Waals surface area contributed by atoms with Gasteiger partial charge >= 0.3 is 0 Å². The molecule has 1 aromatic heterocycles. The molecule has 0 spiro atoms. The minimum absolute atomic E-state index is 0.0970. The van der Waals surface area contributed by atoms with E-state index in [1.165, 1.54) is 6.33 Å². The van der Waals surface area contributed by atoms with Crippen molar-refractivity contribution in [2.75, 3.05) is 13.1 Å². The minimum Gasteiger partial charge on any atom is -0.483 e. The van der Waals surface area contributed by atoms with E-state index >= 15 is 0 Å².